The van der Waals surface area contributed by atoms with Crippen LogP contribution in [0, 0.1) is 12.8 Å². The standard InChI is InChI=1S/C15H23ClN2O4S2/c1-4-22-15(19)18-7-5-12(6-8-18)11(3)17-24(20,21)13-9-10(2)14(16)23-13/h9,11-12,17H,4-8H2,1-3H3/t11-/m0/s1. The van der Waals surface area contributed by atoms with Gasteiger partial charge in [-0.3, -0.25) is 0 Å². The molecule has 1 saturated heterocycles. The van der Waals surface area contributed by atoms with Crippen molar-refractivity contribution in [3.05, 3.63) is 16.0 Å². The molecule has 136 valence electrons. The first kappa shape index (κ1) is 19.5. The van der Waals surface area contributed by atoms with E-state index in [0.717, 1.165) is 29.7 Å². The molecule has 1 fully saturated rings. The number of rotatable bonds is 5. The summed E-state index contributed by atoms with van der Waals surface area (Å²) in [4.78, 5) is 13.4. The van der Waals surface area contributed by atoms with Crippen molar-refractivity contribution >= 4 is 39.1 Å². The zero-order chi connectivity index (χ0) is 17.9. The second-order valence-electron chi connectivity index (χ2n) is 5.96. The normalized spacial score (nSPS) is 17.8. The average Bonchev–Trinajstić information content (AvgIpc) is 2.87. The van der Waals surface area contributed by atoms with Crippen molar-refractivity contribution in [3.63, 3.8) is 0 Å². The molecule has 0 spiro atoms. The van der Waals surface area contributed by atoms with Gasteiger partial charge in [0.05, 0.1) is 10.9 Å². The molecule has 1 aliphatic heterocycles. The van der Waals surface area contributed by atoms with Crippen LogP contribution in [0.5, 0.6) is 0 Å². The molecule has 1 amide bonds. The van der Waals surface area contributed by atoms with Gasteiger partial charge in [-0.2, -0.15) is 0 Å². The van der Waals surface area contributed by atoms with Crippen molar-refractivity contribution in [2.24, 2.45) is 5.92 Å². The van der Waals surface area contributed by atoms with Crippen molar-refractivity contribution in [3.8, 4) is 0 Å². The third kappa shape index (κ3) is 4.62. The molecule has 0 bridgehead atoms. The number of carbonyl (C=O) groups excluding carboxylic acids is 1. The fourth-order valence-electron chi connectivity index (χ4n) is 2.76. The maximum absolute atomic E-state index is 12.5. The summed E-state index contributed by atoms with van der Waals surface area (Å²) >= 11 is 7.03. The highest BCUT2D eigenvalue weighted by atomic mass is 35.5. The lowest BCUT2D eigenvalue weighted by Crippen LogP contribution is -2.45. The van der Waals surface area contributed by atoms with E-state index in [2.05, 4.69) is 4.72 Å². The van der Waals surface area contributed by atoms with Crippen molar-refractivity contribution in [1.82, 2.24) is 9.62 Å². The minimum Gasteiger partial charge on any atom is -0.450 e. The van der Waals surface area contributed by atoms with E-state index in [9.17, 15) is 13.2 Å². The fraction of sp³-hybridized carbons (Fsp3) is 0.667. The van der Waals surface area contributed by atoms with E-state index in [1.165, 1.54) is 0 Å². The Hall–Kier alpha value is -0.830. The second-order valence-corrected chi connectivity index (χ2v) is 9.55. The van der Waals surface area contributed by atoms with Crippen LogP contribution in [0.1, 0.15) is 32.3 Å². The number of aryl methyl sites for hydroxylation is 1. The first-order chi connectivity index (χ1) is 11.2. The molecular formula is C15H23ClN2O4S2. The lowest BCUT2D eigenvalue weighted by molar-refractivity contribution is 0.0889. The number of ether oxygens (including phenoxy) is 1. The Labute approximate surface area is 152 Å². The van der Waals surface area contributed by atoms with Gasteiger partial charge in [0.25, 0.3) is 0 Å². The van der Waals surface area contributed by atoms with Crippen LogP contribution < -0.4 is 4.72 Å². The molecule has 1 atom stereocenters. The number of thiophene rings is 1. The van der Waals surface area contributed by atoms with E-state index in [4.69, 9.17) is 16.3 Å². The largest absolute Gasteiger partial charge is 0.450 e. The molecule has 0 aliphatic carbocycles. The van der Waals surface area contributed by atoms with Crippen molar-refractivity contribution < 1.29 is 17.9 Å². The third-order valence-corrected chi connectivity index (χ3v) is 7.80. The van der Waals surface area contributed by atoms with Crippen LogP contribution in [-0.2, 0) is 14.8 Å². The summed E-state index contributed by atoms with van der Waals surface area (Å²) in [6.45, 7) is 6.95. The molecule has 1 N–H and O–H groups in total. The van der Waals surface area contributed by atoms with Crippen LogP contribution >= 0.6 is 22.9 Å². The van der Waals surface area contributed by atoms with Gasteiger partial charge in [0.1, 0.15) is 4.21 Å². The van der Waals surface area contributed by atoms with Gasteiger partial charge in [0.2, 0.25) is 10.0 Å². The minimum absolute atomic E-state index is 0.182. The molecule has 6 nitrogen and oxygen atoms in total. The molecule has 1 aromatic heterocycles. The van der Waals surface area contributed by atoms with Gasteiger partial charge in [-0.25, -0.2) is 17.9 Å². The summed E-state index contributed by atoms with van der Waals surface area (Å²) in [6, 6.07) is 1.38. The molecular weight excluding hydrogens is 372 g/mol. The predicted molar refractivity (Wildman–Crippen MR) is 95.2 cm³/mol. The molecule has 0 unspecified atom stereocenters. The minimum atomic E-state index is -3.57. The van der Waals surface area contributed by atoms with Crippen molar-refractivity contribution in [2.45, 2.75) is 43.9 Å². The first-order valence-electron chi connectivity index (χ1n) is 7.94. The van der Waals surface area contributed by atoms with Gasteiger partial charge < -0.3 is 9.64 Å². The number of nitrogens with one attached hydrogen (secondary N) is 1. The second kappa shape index (κ2) is 8.03. The zero-order valence-electron chi connectivity index (χ0n) is 14.0. The highest BCUT2D eigenvalue weighted by Gasteiger charge is 2.30. The fourth-order valence-corrected chi connectivity index (χ4v) is 5.80. The first-order valence-corrected chi connectivity index (χ1v) is 10.6. The number of amides is 1. The average molecular weight is 395 g/mol. The van der Waals surface area contributed by atoms with E-state index >= 15 is 0 Å². The Morgan fingerprint density at radius 3 is 2.62 bits per heavy atom. The number of likely N-dealkylation sites (tertiary alicyclic amines) is 1. The highest BCUT2D eigenvalue weighted by Crippen LogP contribution is 2.31. The van der Waals surface area contributed by atoms with Crippen LogP contribution in [0.15, 0.2) is 10.3 Å². The molecule has 2 rings (SSSR count). The van der Waals surface area contributed by atoms with Crippen LogP contribution in [0.2, 0.25) is 4.34 Å². The highest BCUT2D eigenvalue weighted by molar-refractivity contribution is 7.91. The molecule has 0 aromatic carbocycles. The monoisotopic (exact) mass is 394 g/mol. The molecule has 24 heavy (non-hydrogen) atoms. The summed E-state index contributed by atoms with van der Waals surface area (Å²) in [5, 5.41) is 0. The summed E-state index contributed by atoms with van der Waals surface area (Å²) in [7, 11) is -3.57. The SMILES string of the molecule is CCOC(=O)N1CCC([C@H](C)NS(=O)(=O)c2cc(C)c(Cl)s2)CC1. The topological polar surface area (TPSA) is 75.7 Å². The molecule has 0 radical (unpaired) electrons. The molecule has 0 saturated carbocycles. The van der Waals surface area contributed by atoms with E-state index in [0.29, 0.717) is 24.0 Å². The Balaban J connectivity index is 1.93. The number of hydrogen-bond acceptors (Lipinski definition) is 5. The number of piperidine rings is 1. The summed E-state index contributed by atoms with van der Waals surface area (Å²) in [5.74, 6) is 0.182. The van der Waals surface area contributed by atoms with Gasteiger partial charge in [-0.15, -0.1) is 11.3 Å². The number of carbonyl (C=O) groups is 1. The maximum Gasteiger partial charge on any atom is 0.409 e. The summed E-state index contributed by atoms with van der Waals surface area (Å²) in [6.07, 6.45) is 1.19. The van der Waals surface area contributed by atoms with E-state index < -0.39 is 10.0 Å². The van der Waals surface area contributed by atoms with Crippen LogP contribution in [0.25, 0.3) is 0 Å². The Morgan fingerprint density at radius 2 is 2.12 bits per heavy atom. The van der Waals surface area contributed by atoms with E-state index in [1.807, 2.05) is 6.92 Å². The maximum atomic E-state index is 12.5. The molecule has 1 aromatic rings. The van der Waals surface area contributed by atoms with Crippen LogP contribution in [-0.4, -0.2) is 45.1 Å². The molecule has 9 heteroatoms. The van der Waals surface area contributed by atoms with Gasteiger partial charge in [-0.05, 0) is 51.2 Å². The smallest absolute Gasteiger partial charge is 0.409 e. The Kier molecular flexibility index (Phi) is 6.52. The third-order valence-electron chi connectivity index (χ3n) is 4.21. The lowest BCUT2D eigenvalue weighted by Gasteiger charge is -2.34. The van der Waals surface area contributed by atoms with E-state index in [-0.39, 0.29) is 22.3 Å². The molecule has 2 heterocycles. The van der Waals surface area contributed by atoms with Crippen LogP contribution in [0.4, 0.5) is 4.79 Å². The van der Waals surface area contributed by atoms with E-state index in [1.54, 1.807) is 24.8 Å². The number of halogens is 1. The summed E-state index contributed by atoms with van der Waals surface area (Å²) in [5.41, 5.74) is 0.762. The van der Waals surface area contributed by atoms with Crippen LogP contribution in [0.3, 0.4) is 0 Å². The Bertz CT molecular complexity index is 662. The quantitative estimate of drug-likeness (QED) is 0.831. The predicted octanol–water partition coefficient (Wildman–Crippen LogP) is 3.25. The van der Waals surface area contributed by atoms with Gasteiger partial charge >= 0.3 is 6.09 Å². The number of hydrogen-bond donors (Lipinski definition) is 1. The Morgan fingerprint density at radius 1 is 1.50 bits per heavy atom. The zero-order valence-corrected chi connectivity index (χ0v) is 16.4. The van der Waals surface area contributed by atoms with Gasteiger partial charge in [0, 0.05) is 19.1 Å². The van der Waals surface area contributed by atoms with Crippen molar-refractivity contribution in [2.75, 3.05) is 19.7 Å². The number of nitrogens with zero attached hydrogens (tertiary/aromatic N) is 1. The summed E-state index contributed by atoms with van der Waals surface area (Å²) < 4.78 is 33.4. The van der Waals surface area contributed by atoms with Gasteiger partial charge in [-0.1, -0.05) is 11.6 Å². The lowest BCUT2D eigenvalue weighted by atomic mass is 9.91. The molecule has 1 aliphatic rings. The number of sulfonamides is 1. The van der Waals surface area contributed by atoms with Crippen molar-refractivity contribution in [1.29, 1.82) is 0 Å². The van der Waals surface area contributed by atoms with Gasteiger partial charge in [0.15, 0.2) is 0 Å².